The van der Waals surface area contributed by atoms with Gasteiger partial charge in [0.15, 0.2) is 0 Å². The predicted octanol–water partition coefficient (Wildman–Crippen LogP) is 4.94. The molecule has 0 aliphatic rings. The molecule has 156 valence electrons. The van der Waals surface area contributed by atoms with Crippen molar-refractivity contribution in [3.05, 3.63) is 95.1 Å². The van der Waals surface area contributed by atoms with Gasteiger partial charge in [-0.2, -0.15) is 0 Å². The standard InChI is InChI=1S/C24H26N2O3S/c1-17-10-15-23(16-18(17)2)30(28,29)25-22-13-11-21(12-14-22)24(27)26(4)19(3)20-8-6-5-7-9-20/h5-16,19,25H,1-4H3/t19-/m1/s1. The van der Waals surface area contributed by atoms with Crippen molar-refractivity contribution in [2.75, 3.05) is 11.8 Å². The van der Waals surface area contributed by atoms with Gasteiger partial charge in [0.2, 0.25) is 0 Å². The van der Waals surface area contributed by atoms with Crippen LogP contribution in [0.4, 0.5) is 5.69 Å². The molecule has 0 unspecified atom stereocenters. The van der Waals surface area contributed by atoms with Gasteiger partial charge < -0.3 is 4.90 Å². The van der Waals surface area contributed by atoms with E-state index < -0.39 is 10.0 Å². The van der Waals surface area contributed by atoms with Crippen molar-refractivity contribution >= 4 is 21.6 Å². The van der Waals surface area contributed by atoms with E-state index in [1.807, 2.05) is 51.1 Å². The maximum atomic E-state index is 12.8. The van der Waals surface area contributed by atoms with Gasteiger partial charge in [0, 0.05) is 18.3 Å². The highest BCUT2D eigenvalue weighted by molar-refractivity contribution is 7.92. The lowest BCUT2D eigenvalue weighted by Gasteiger charge is -2.25. The van der Waals surface area contributed by atoms with Crippen LogP contribution in [0.15, 0.2) is 77.7 Å². The number of hydrogen-bond donors (Lipinski definition) is 1. The van der Waals surface area contributed by atoms with Crippen molar-refractivity contribution in [3.63, 3.8) is 0 Å². The fourth-order valence-corrected chi connectivity index (χ4v) is 4.25. The first kappa shape index (κ1) is 21.6. The molecule has 0 fully saturated rings. The maximum absolute atomic E-state index is 12.8. The molecule has 1 amide bonds. The lowest BCUT2D eigenvalue weighted by atomic mass is 10.1. The first-order chi connectivity index (χ1) is 14.2. The van der Waals surface area contributed by atoms with Crippen LogP contribution in [0.1, 0.15) is 40.0 Å². The number of nitrogens with zero attached hydrogens (tertiary/aromatic N) is 1. The third kappa shape index (κ3) is 4.71. The molecule has 1 atom stereocenters. The molecule has 0 bridgehead atoms. The van der Waals surface area contributed by atoms with Gasteiger partial charge in [0.05, 0.1) is 10.9 Å². The van der Waals surface area contributed by atoms with E-state index in [4.69, 9.17) is 0 Å². The normalized spacial score (nSPS) is 12.3. The highest BCUT2D eigenvalue weighted by Gasteiger charge is 2.19. The van der Waals surface area contributed by atoms with E-state index in [-0.39, 0.29) is 16.8 Å². The molecule has 30 heavy (non-hydrogen) atoms. The predicted molar refractivity (Wildman–Crippen MR) is 120 cm³/mol. The Labute approximate surface area is 178 Å². The van der Waals surface area contributed by atoms with Gasteiger partial charge in [0.1, 0.15) is 0 Å². The first-order valence-corrected chi connectivity index (χ1v) is 11.2. The van der Waals surface area contributed by atoms with Crippen LogP contribution in [0.2, 0.25) is 0 Å². The van der Waals surface area contributed by atoms with Gasteiger partial charge in [-0.3, -0.25) is 9.52 Å². The fraction of sp³-hybridized carbons (Fsp3) is 0.208. The number of carbonyl (C=O) groups excluding carboxylic acids is 1. The summed E-state index contributed by atoms with van der Waals surface area (Å²) in [5.74, 6) is -0.130. The van der Waals surface area contributed by atoms with Gasteiger partial charge in [-0.05, 0) is 73.9 Å². The Morgan fingerprint density at radius 2 is 1.53 bits per heavy atom. The SMILES string of the molecule is Cc1ccc(S(=O)(=O)Nc2ccc(C(=O)N(C)[C@H](C)c3ccccc3)cc2)cc1C. The zero-order valence-electron chi connectivity index (χ0n) is 17.6. The first-order valence-electron chi connectivity index (χ1n) is 9.71. The van der Waals surface area contributed by atoms with Gasteiger partial charge in [-0.15, -0.1) is 0 Å². The molecule has 0 saturated heterocycles. The minimum absolute atomic E-state index is 0.0818. The molecule has 0 spiro atoms. The second-order valence-electron chi connectivity index (χ2n) is 7.43. The van der Waals surface area contributed by atoms with Crippen LogP contribution in [0, 0.1) is 13.8 Å². The molecule has 0 aromatic heterocycles. The summed E-state index contributed by atoms with van der Waals surface area (Å²) in [6.45, 7) is 5.78. The largest absolute Gasteiger partial charge is 0.335 e. The smallest absolute Gasteiger partial charge is 0.261 e. The Bertz CT molecular complexity index is 1140. The highest BCUT2D eigenvalue weighted by atomic mass is 32.2. The number of carbonyl (C=O) groups is 1. The Morgan fingerprint density at radius 1 is 0.900 bits per heavy atom. The zero-order chi connectivity index (χ0) is 21.9. The van der Waals surface area contributed by atoms with Crippen LogP contribution >= 0.6 is 0 Å². The second kappa shape index (κ2) is 8.71. The van der Waals surface area contributed by atoms with Crippen molar-refractivity contribution in [1.82, 2.24) is 4.90 Å². The third-order valence-corrected chi connectivity index (χ3v) is 6.73. The summed E-state index contributed by atoms with van der Waals surface area (Å²) in [6.07, 6.45) is 0. The van der Waals surface area contributed by atoms with Gasteiger partial charge in [0.25, 0.3) is 15.9 Å². The molecule has 0 saturated carbocycles. The molecule has 3 aromatic rings. The van der Waals surface area contributed by atoms with Crippen molar-refractivity contribution in [1.29, 1.82) is 0 Å². The van der Waals surface area contributed by atoms with Gasteiger partial charge in [-0.1, -0.05) is 36.4 Å². The highest BCUT2D eigenvalue weighted by Crippen LogP contribution is 2.22. The molecule has 1 N–H and O–H groups in total. The number of nitrogens with one attached hydrogen (secondary N) is 1. The molecule has 0 heterocycles. The molecule has 3 aromatic carbocycles. The van der Waals surface area contributed by atoms with Crippen molar-refractivity contribution < 1.29 is 13.2 Å². The molecule has 3 rings (SSSR count). The number of hydrogen-bond acceptors (Lipinski definition) is 3. The Balaban J connectivity index is 1.74. The number of rotatable bonds is 6. The number of anilines is 1. The maximum Gasteiger partial charge on any atom is 0.261 e. The van der Waals surface area contributed by atoms with E-state index in [9.17, 15) is 13.2 Å². The Hall–Kier alpha value is -3.12. The van der Waals surface area contributed by atoms with Crippen LogP contribution < -0.4 is 4.72 Å². The summed E-state index contributed by atoms with van der Waals surface area (Å²) in [4.78, 5) is 14.7. The summed E-state index contributed by atoms with van der Waals surface area (Å²) < 4.78 is 27.9. The average molecular weight is 423 g/mol. The van der Waals surface area contributed by atoms with Crippen LogP contribution in [0.5, 0.6) is 0 Å². The number of sulfonamides is 1. The van der Waals surface area contributed by atoms with Crippen molar-refractivity contribution in [2.45, 2.75) is 31.7 Å². The van der Waals surface area contributed by atoms with E-state index in [1.165, 1.54) is 0 Å². The molecular formula is C24H26N2O3S. The molecule has 0 aliphatic heterocycles. The van der Waals surface area contributed by atoms with Crippen molar-refractivity contribution in [2.24, 2.45) is 0 Å². The zero-order valence-corrected chi connectivity index (χ0v) is 18.4. The monoisotopic (exact) mass is 422 g/mol. The van der Waals surface area contributed by atoms with Crippen LogP contribution in [-0.2, 0) is 10.0 Å². The van der Waals surface area contributed by atoms with Gasteiger partial charge in [-0.25, -0.2) is 8.42 Å². The second-order valence-corrected chi connectivity index (χ2v) is 9.11. The number of benzene rings is 3. The molecule has 6 heteroatoms. The minimum Gasteiger partial charge on any atom is -0.335 e. The third-order valence-electron chi connectivity index (χ3n) is 5.36. The van der Waals surface area contributed by atoms with E-state index >= 15 is 0 Å². The molecule has 5 nitrogen and oxygen atoms in total. The topological polar surface area (TPSA) is 66.5 Å². The van der Waals surface area contributed by atoms with E-state index in [0.29, 0.717) is 11.3 Å². The van der Waals surface area contributed by atoms with Crippen LogP contribution in [-0.4, -0.2) is 26.3 Å². The summed E-state index contributed by atoms with van der Waals surface area (Å²) in [6, 6.07) is 21.2. The lowest BCUT2D eigenvalue weighted by molar-refractivity contribution is 0.0742. The van der Waals surface area contributed by atoms with Crippen LogP contribution in [0.25, 0.3) is 0 Å². The number of aryl methyl sites for hydroxylation is 2. The molecular weight excluding hydrogens is 396 g/mol. The quantitative estimate of drug-likeness (QED) is 0.612. The van der Waals surface area contributed by atoms with Crippen LogP contribution in [0.3, 0.4) is 0 Å². The lowest BCUT2D eigenvalue weighted by Crippen LogP contribution is -2.29. The van der Waals surface area contributed by atoms with E-state index in [1.54, 1.807) is 54.4 Å². The number of amides is 1. The van der Waals surface area contributed by atoms with E-state index in [2.05, 4.69) is 4.72 Å². The molecule has 0 radical (unpaired) electrons. The van der Waals surface area contributed by atoms with Crippen molar-refractivity contribution in [3.8, 4) is 0 Å². The minimum atomic E-state index is -3.70. The van der Waals surface area contributed by atoms with Gasteiger partial charge >= 0.3 is 0 Å². The average Bonchev–Trinajstić information content (AvgIpc) is 2.75. The Morgan fingerprint density at radius 3 is 2.13 bits per heavy atom. The Kier molecular flexibility index (Phi) is 6.27. The summed E-state index contributed by atoms with van der Waals surface area (Å²) in [5.41, 5.74) is 3.89. The van der Waals surface area contributed by atoms with E-state index in [0.717, 1.165) is 16.7 Å². The summed E-state index contributed by atoms with van der Waals surface area (Å²) in [5, 5.41) is 0. The summed E-state index contributed by atoms with van der Waals surface area (Å²) in [7, 11) is -1.94. The molecule has 0 aliphatic carbocycles. The fourth-order valence-electron chi connectivity index (χ4n) is 3.11. The summed E-state index contributed by atoms with van der Waals surface area (Å²) >= 11 is 0.